The Kier molecular flexibility index (Phi) is 6.08. The molecule has 0 radical (unpaired) electrons. The van der Waals surface area contributed by atoms with Gasteiger partial charge in [0.15, 0.2) is 11.0 Å². The number of hydrogen-bond donors (Lipinski definition) is 1. The van der Waals surface area contributed by atoms with E-state index in [0.717, 1.165) is 46.8 Å². The van der Waals surface area contributed by atoms with E-state index in [1.165, 1.54) is 0 Å². The average molecular weight is 436 g/mol. The molecule has 0 saturated carbocycles. The molecule has 0 bridgehead atoms. The van der Waals surface area contributed by atoms with E-state index in [9.17, 15) is 13.6 Å². The molecule has 5 nitrogen and oxygen atoms in total. The molecule has 0 unspecified atom stereocenters. The number of hydrogen-bond acceptors (Lipinski definition) is 4. The Bertz CT molecular complexity index is 1210. The predicted molar refractivity (Wildman–Crippen MR) is 117 cm³/mol. The van der Waals surface area contributed by atoms with Crippen molar-refractivity contribution in [2.24, 2.45) is 0 Å². The van der Waals surface area contributed by atoms with E-state index >= 15 is 0 Å². The Morgan fingerprint density at radius 3 is 2.48 bits per heavy atom. The molecule has 31 heavy (non-hydrogen) atoms. The van der Waals surface area contributed by atoms with Crippen LogP contribution in [0, 0.1) is 18.6 Å². The van der Waals surface area contributed by atoms with Gasteiger partial charge in [-0.2, -0.15) is 0 Å². The molecule has 0 fully saturated rings. The third kappa shape index (κ3) is 4.80. The lowest BCUT2D eigenvalue weighted by Gasteiger charge is -2.11. The number of thioether (sulfide) groups is 1. The summed E-state index contributed by atoms with van der Waals surface area (Å²) < 4.78 is 29.0. The molecular weight excluding hydrogens is 418 g/mol. The molecule has 0 aliphatic carbocycles. The number of nitrogens with zero attached hydrogens (tertiary/aromatic N) is 3. The number of halogens is 2. The van der Waals surface area contributed by atoms with Crippen LogP contribution in [0.3, 0.4) is 0 Å². The van der Waals surface area contributed by atoms with Crippen molar-refractivity contribution in [3.8, 4) is 17.1 Å². The summed E-state index contributed by atoms with van der Waals surface area (Å²) in [6.45, 7) is 2.00. The summed E-state index contributed by atoms with van der Waals surface area (Å²) in [5.41, 5.74) is 2.65. The molecule has 8 heteroatoms. The van der Waals surface area contributed by atoms with E-state index in [1.807, 2.05) is 66.1 Å². The van der Waals surface area contributed by atoms with Crippen molar-refractivity contribution in [1.82, 2.24) is 14.8 Å². The third-order valence-corrected chi connectivity index (χ3v) is 5.42. The Morgan fingerprint density at radius 2 is 1.74 bits per heavy atom. The van der Waals surface area contributed by atoms with Gasteiger partial charge in [0, 0.05) is 17.3 Å². The summed E-state index contributed by atoms with van der Waals surface area (Å²) in [6, 6.07) is 20.4. The van der Waals surface area contributed by atoms with Crippen LogP contribution in [0.5, 0.6) is 0 Å². The van der Waals surface area contributed by atoms with Crippen LogP contribution in [0.25, 0.3) is 17.1 Å². The summed E-state index contributed by atoms with van der Waals surface area (Å²) in [5, 5.41) is 11.5. The Hall–Kier alpha value is -3.52. The standard InChI is InChI=1S/C23H18F2N4OS/c1-15-7-10-18(11-8-15)29-22(16-5-3-2-4-6-16)27-28-23(29)31-14-21(30)26-20-13-17(24)9-12-19(20)25/h2-13H,14H2,1H3,(H,26,30). The molecule has 0 saturated heterocycles. The van der Waals surface area contributed by atoms with Gasteiger partial charge in [0.05, 0.1) is 11.4 Å². The number of anilines is 1. The van der Waals surface area contributed by atoms with E-state index in [-0.39, 0.29) is 11.4 Å². The molecular formula is C23H18F2N4OS. The Labute approximate surface area is 182 Å². The van der Waals surface area contributed by atoms with Gasteiger partial charge in [-0.15, -0.1) is 10.2 Å². The van der Waals surface area contributed by atoms with Crippen LogP contribution < -0.4 is 5.32 Å². The van der Waals surface area contributed by atoms with Crippen LogP contribution in [0.2, 0.25) is 0 Å². The second-order valence-corrected chi connectivity index (χ2v) is 7.75. The first kappa shape index (κ1) is 20.7. The highest BCUT2D eigenvalue weighted by Crippen LogP contribution is 2.28. The normalized spacial score (nSPS) is 10.8. The summed E-state index contributed by atoms with van der Waals surface area (Å²) in [4.78, 5) is 12.3. The summed E-state index contributed by atoms with van der Waals surface area (Å²) in [6.07, 6.45) is 0. The van der Waals surface area contributed by atoms with Crippen molar-refractivity contribution in [2.75, 3.05) is 11.1 Å². The van der Waals surface area contributed by atoms with E-state index in [0.29, 0.717) is 11.0 Å². The van der Waals surface area contributed by atoms with Crippen LogP contribution in [0.4, 0.5) is 14.5 Å². The van der Waals surface area contributed by atoms with Gasteiger partial charge >= 0.3 is 0 Å². The van der Waals surface area contributed by atoms with Crippen LogP contribution >= 0.6 is 11.8 Å². The van der Waals surface area contributed by atoms with Gasteiger partial charge in [0.25, 0.3) is 0 Å². The van der Waals surface area contributed by atoms with Gasteiger partial charge in [0.1, 0.15) is 11.6 Å². The molecule has 1 amide bonds. The van der Waals surface area contributed by atoms with E-state index in [4.69, 9.17) is 0 Å². The average Bonchev–Trinajstić information content (AvgIpc) is 3.20. The highest BCUT2D eigenvalue weighted by atomic mass is 32.2. The van der Waals surface area contributed by atoms with Gasteiger partial charge in [0.2, 0.25) is 5.91 Å². The fourth-order valence-electron chi connectivity index (χ4n) is 2.97. The molecule has 0 aliphatic rings. The summed E-state index contributed by atoms with van der Waals surface area (Å²) in [5.74, 6) is -1.21. The van der Waals surface area contributed by atoms with Crippen LogP contribution in [-0.2, 0) is 4.79 Å². The number of rotatable bonds is 6. The fraction of sp³-hybridized carbons (Fsp3) is 0.0870. The number of carbonyl (C=O) groups excluding carboxylic acids is 1. The molecule has 1 aromatic heterocycles. The highest BCUT2D eigenvalue weighted by Gasteiger charge is 2.17. The van der Waals surface area contributed by atoms with Crippen LogP contribution in [-0.4, -0.2) is 26.4 Å². The minimum absolute atomic E-state index is 0.0469. The molecule has 156 valence electrons. The molecule has 4 aromatic rings. The van der Waals surface area contributed by atoms with Gasteiger partial charge < -0.3 is 5.32 Å². The van der Waals surface area contributed by atoms with E-state index < -0.39 is 17.5 Å². The SMILES string of the molecule is Cc1ccc(-n2c(SCC(=O)Nc3cc(F)ccc3F)nnc2-c2ccccc2)cc1. The Morgan fingerprint density at radius 1 is 1.00 bits per heavy atom. The smallest absolute Gasteiger partial charge is 0.234 e. The quantitative estimate of drug-likeness (QED) is 0.419. The monoisotopic (exact) mass is 436 g/mol. The van der Waals surface area contributed by atoms with Crippen molar-refractivity contribution in [3.05, 3.63) is 90.0 Å². The zero-order chi connectivity index (χ0) is 21.8. The van der Waals surface area contributed by atoms with Crippen LogP contribution in [0.1, 0.15) is 5.56 Å². The number of amides is 1. The molecule has 1 N–H and O–H groups in total. The Balaban J connectivity index is 1.59. The fourth-order valence-corrected chi connectivity index (χ4v) is 3.73. The van der Waals surface area contributed by atoms with Crippen molar-refractivity contribution >= 4 is 23.4 Å². The molecule has 0 aliphatic heterocycles. The lowest BCUT2D eigenvalue weighted by atomic mass is 10.2. The van der Waals surface area contributed by atoms with E-state index in [1.54, 1.807) is 0 Å². The van der Waals surface area contributed by atoms with Crippen molar-refractivity contribution in [3.63, 3.8) is 0 Å². The van der Waals surface area contributed by atoms with Crippen molar-refractivity contribution in [1.29, 1.82) is 0 Å². The first-order valence-corrected chi connectivity index (χ1v) is 10.5. The maximum Gasteiger partial charge on any atom is 0.234 e. The zero-order valence-corrected chi connectivity index (χ0v) is 17.4. The summed E-state index contributed by atoms with van der Waals surface area (Å²) >= 11 is 1.16. The predicted octanol–water partition coefficient (Wildman–Crippen LogP) is 5.25. The van der Waals surface area contributed by atoms with Gasteiger partial charge in [-0.3, -0.25) is 9.36 Å². The lowest BCUT2D eigenvalue weighted by Crippen LogP contribution is -2.15. The number of aromatic nitrogens is 3. The number of benzene rings is 3. The van der Waals surface area contributed by atoms with Gasteiger partial charge in [-0.1, -0.05) is 59.8 Å². The third-order valence-electron chi connectivity index (χ3n) is 4.49. The maximum absolute atomic E-state index is 13.8. The maximum atomic E-state index is 13.8. The van der Waals surface area contributed by atoms with Crippen LogP contribution in [0.15, 0.2) is 78.0 Å². The summed E-state index contributed by atoms with van der Waals surface area (Å²) in [7, 11) is 0. The molecule has 0 spiro atoms. The minimum Gasteiger partial charge on any atom is -0.323 e. The van der Waals surface area contributed by atoms with Crippen molar-refractivity contribution < 1.29 is 13.6 Å². The lowest BCUT2D eigenvalue weighted by molar-refractivity contribution is -0.113. The molecule has 3 aromatic carbocycles. The van der Waals surface area contributed by atoms with E-state index in [2.05, 4.69) is 15.5 Å². The zero-order valence-electron chi connectivity index (χ0n) is 16.5. The highest BCUT2D eigenvalue weighted by molar-refractivity contribution is 7.99. The first-order chi connectivity index (χ1) is 15.0. The number of carbonyl (C=O) groups is 1. The topological polar surface area (TPSA) is 59.8 Å². The second kappa shape index (κ2) is 9.09. The molecule has 1 heterocycles. The molecule has 0 atom stereocenters. The number of aryl methyl sites for hydroxylation is 1. The first-order valence-electron chi connectivity index (χ1n) is 9.47. The van der Waals surface area contributed by atoms with Gasteiger partial charge in [-0.05, 0) is 31.2 Å². The number of nitrogens with one attached hydrogen (secondary N) is 1. The second-order valence-electron chi connectivity index (χ2n) is 6.80. The molecule has 4 rings (SSSR count). The minimum atomic E-state index is -0.700. The van der Waals surface area contributed by atoms with Gasteiger partial charge in [-0.25, -0.2) is 8.78 Å². The van der Waals surface area contributed by atoms with Crippen molar-refractivity contribution in [2.45, 2.75) is 12.1 Å². The largest absolute Gasteiger partial charge is 0.323 e.